The Balaban J connectivity index is 1.71. The van der Waals surface area contributed by atoms with Gasteiger partial charge in [0.15, 0.2) is 5.82 Å². The number of anilines is 2. The number of alkyl halides is 6. The molecule has 13 heteroatoms. The maximum absolute atomic E-state index is 13.6. The topological polar surface area (TPSA) is 76.1 Å². The van der Waals surface area contributed by atoms with E-state index in [9.17, 15) is 26.3 Å². The number of rotatable bonds is 10. The maximum atomic E-state index is 13.6. The van der Waals surface area contributed by atoms with Gasteiger partial charge in [-0.25, -0.2) is 15.0 Å². The Morgan fingerprint density at radius 3 is 2.33 bits per heavy atom. The van der Waals surface area contributed by atoms with Crippen molar-refractivity contribution in [3.63, 3.8) is 0 Å². The number of pyridine rings is 2. The van der Waals surface area contributed by atoms with Crippen LogP contribution in [-0.4, -0.2) is 51.1 Å². The second-order valence-electron chi connectivity index (χ2n) is 8.75. The molecule has 40 heavy (non-hydrogen) atoms. The van der Waals surface area contributed by atoms with Crippen LogP contribution in [0.1, 0.15) is 30.9 Å². The Kier molecular flexibility index (Phi) is 8.84. The maximum Gasteiger partial charge on any atom is 0.433 e. The van der Waals surface area contributed by atoms with E-state index in [1.807, 2.05) is 13.8 Å². The minimum Gasteiger partial charge on any atom is -0.372 e. The quantitative estimate of drug-likeness (QED) is 0.169. The second kappa shape index (κ2) is 12.1. The predicted molar refractivity (Wildman–Crippen MR) is 138 cm³/mol. The lowest BCUT2D eigenvalue weighted by Gasteiger charge is -2.17. The van der Waals surface area contributed by atoms with Gasteiger partial charge in [-0.2, -0.15) is 26.3 Å². The van der Waals surface area contributed by atoms with E-state index in [0.29, 0.717) is 24.1 Å². The van der Waals surface area contributed by atoms with Crippen LogP contribution in [0.25, 0.3) is 22.2 Å². The summed E-state index contributed by atoms with van der Waals surface area (Å²) in [4.78, 5) is 18.5. The van der Waals surface area contributed by atoms with E-state index in [1.54, 1.807) is 0 Å². The van der Waals surface area contributed by atoms with Gasteiger partial charge in [-0.15, -0.1) is 0 Å². The van der Waals surface area contributed by atoms with Gasteiger partial charge in [0.2, 0.25) is 0 Å². The van der Waals surface area contributed by atoms with Crippen molar-refractivity contribution in [3.05, 3.63) is 71.9 Å². The van der Waals surface area contributed by atoms with Crippen LogP contribution in [0, 0.1) is 0 Å². The van der Waals surface area contributed by atoms with Crippen LogP contribution < -0.4 is 5.32 Å². The van der Waals surface area contributed by atoms with Crippen LogP contribution in [0.4, 0.5) is 37.8 Å². The first-order chi connectivity index (χ1) is 19.0. The molecule has 0 radical (unpaired) electrons. The standard InChI is InChI=1S/C27H26F6N6O/c1-3-39(4-2)12-13-40-16-23-37-21-14-17(24-20(26(28,29)30)6-5-11-34-24)7-9-19(21)25(38-23)36-18-8-10-22(35-15-18)27(31,32)33/h5-11,14-15H,3-4,12-13,16H2,1-2H3,(H,36,37,38). The fourth-order valence-corrected chi connectivity index (χ4v) is 4.02. The molecule has 0 aliphatic carbocycles. The van der Waals surface area contributed by atoms with Gasteiger partial charge in [0.25, 0.3) is 0 Å². The molecule has 3 aromatic heterocycles. The van der Waals surface area contributed by atoms with Crippen molar-refractivity contribution in [1.82, 2.24) is 24.8 Å². The summed E-state index contributed by atoms with van der Waals surface area (Å²) in [6, 6.07) is 8.66. The molecule has 4 rings (SSSR count). The minimum absolute atomic E-state index is 0.0127. The van der Waals surface area contributed by atoms with Gasteiger partial charge in [-0.05, 0) is 49.5 Å². The zero-order valence-corrected chi connectivity index (χ0v) is 21.6. The number of fused-ring (bicyclic) bond motifs is 1. The van der Waals surface area contributed by atoms with E-state index in [-0.39, 0.29) is 35.2 Å². The van der Waals surface area contributed by atoms with Gasteiger partial charge in [0.05, 0.1) is 35.3 Å². The van der Waals surface area contributed by atoms with E-state index >= 15 is 0 Å². The monoisotopic (exact) mass is 564 g/mol. The lowest BCUT2D eigenvalue weighted by atomic mass is 10.0. The third-order valence-electron chi connectivity index (χ3n) is 6.12. The summed E-state index contributed by atoms with van der Waals surface area (Å²) in [5, 5.41) is 3.38. The zero-order chi connectivity index (χ0) is 28.9. The van der Waals surface area contributed by atoms with Crippen LogP contribution in [0.2, 0.25) is 0 Å². The molecule has 212 valence electrons. The summed E-state index contributed by atoms with van der Waals surface area (Å²) in [5.74, 6) is 0.473. The summed E-state index contributed by atoms with van der Waals surface area (Å²) >= 11 is 0. The molecule has 0 unspecified atom stereocenters. The molecule has 1 N–H and O–H groups in total. The van der Waals surface area contributed by atoms with Crippen molar-refractivity contribution in [3.8, 4) is 11.3 Å². The third kappa shape index (κ3) is 7.02. The van der Waals surface area contributed by atoms with Crippen LogP contribution in [-0.2, 0) is 23.7 Å². The largest absolute Gasteiger partial charge is 0.433 e. The van der Waals surface area contributed by atoms with Gasteiger partial charge < -0.3 is 15.0 Å². The molecule has 0 atom stereocenters. The fourth-order valence-electron chi connectivity index (χ4n) is 4.02. The molecule has 0 aliphatic rings. The van der Waals surface area contributed by atoms with E-state index in [4.69, 9.17) is 4.74 Å². The van der Waals surface area contributed by atoms with E-state index in [1.165, 1.54) is 36.5 Å². The minimum atomic E-state index is -4.61. The molecule has 1 aromatic carbocycles. The van der Waals surface area contributed by atoms with Gasteiger partial charge in [0, 0.05) is 23.7 Å². The van der Waals surface area contributed by atoms with Gasteiger partial charge in [-0.1, -0.05) is 19.9 Å². The molecule has 0 saturated carbocycles. The Bertz CT molecular complexity index is 1440. The van der Waals surface area contributed by atoms with Crippen molar-refractivity contribution in [2.75, 3.05) is 31.6 Å². The molecule has 0 spiro atoms. The smallest absolute Gasteiger partial charge is 0.372 e. The van der Waals surface area contributed by atoms with Crippen molar-refractivity contribution in [2.24, 2.45) is 0 Å². The van der Waals surface area contributed by atoms with Crippen molar-refractivity contribution in [2.45, 2.75) is 32.8 Å². The highest BCUT2D eigenvalue weighted by Crippen LogP contribution is 2.37. The Labute approximate surface area is 226 Å². The van der Waals surface area contributed by atoms with Crippen molar-refractivity contribution >= 4 is 22.4 Å². The number of nitrogens with one attached hydrogen (secondary N) is 1. The van der Waals surface area contributed by atoms with Gasteiger partial charge in [-0.3, -0.25) is 4.98 Å². The first-order valence-electron chi connectivity index (χ1n) is 12.4. The fraction of sp³-hybridized carbons (Fsp3) is 0.333. The Morgan fingerprint density at radius 2 is 1.68 bits per heavy atom. The lowest BCUT2D eigenvalue weighted by molar-refractivity contribution is -0.141. The van der Waals surface area contributed by atoms with Crippen LogP contribution in [0.5, 0.6) is 0 Å². The van der Waals surface area contributed by atoms with Crippen LogP contribution >= 0.6 is 0 Å². The lowest BCUT2D eigenvalue weighted by Crippen LogP contribution is -2.27. The molecule has 0 aliphatic heterocycles. The second-order valence-corrected chi connectivity index (χ2v) is 8.75. The molecule has 0 fully saturated rings. The van der Waals surface area contributed by atoms with Gasteiger partial charge >= 0.3 is 12.4 Å². The molecule has 0 saturated heterocycles. The molecular weight excluding hydrogens is 538 g/mol. The number of likely N-dealkylation sites (N-methyl/N-ethyl adjacent to an activating group) is 1. The first-order valence-corrected chi connectivity index (χ1v) is 12.4. The normalized spacial score (nSPS) is 12.3. The molecule has 7 nitrogen and oxygen atoms in total. The number of hydrogen-bond donors (Lipinski definition) is 1. The predicted octanol–water partition coefficient (Wildman–Crippen LogP) is 6.73. The zero-order valence-electron chi connectivity index (χ0n) is 21.6. The third-order valence-corrected chi connectivity index (χ3v) is 6.12. The molecular formula is C27H26F6N6O. The summed E-state index contributed by atoms with van der Waals surface area (Å²) in [5.41, 5.74) is -1.47. The van der Waals surface area contributed by atoms with E-state index in [2.05, 4.69) is 30.2 Å². The Morgan fingerprint density at radius 1 is 0.900 bits per heavy atom. The highest BCUT2D eigenvalue weighted by Gasteiger charge is 2.34. The average molecular weight is 565 g/mol. The van der Waals surface area contributed by atoms with E-state index < -0.39 is 23.6 Å². The first kappa shape index (κ1) is 29.2. The number of nitrogens with zero attached hydrogens (tertiary/aromatic N) is 5. The van der Waals surface area contributed by atoms with E-state index in [0.717, 1.165) is 31.4 Å². The summed E-state index contributed by atoms with van der Waals surface area (Å²) in [6.07, 6.45) is -6.91. The SMILES string of the molecule is CCN(CC)CCOCc1nc(Nc2ccc(C(F)(F)F)nc2)c2ccc(-c3ncccc3C(F)(F)F)cc2n1. The number of ether oxygens (including phenoxy) is 1. The summed E-state index contributed by atoms with van der Waals surface area (Å²) < 4.78 is 85.4. The number of aromatic nitrogens is 4. The van der Waals surface area contributed by atoms with Gasteiger partial charge in [0.1, 0.15) is 18.1 Å². The molecule has 4 aromatic rings. The molecule has 0 bridgehead atoms. The molecule has 0 amide bonds. The summed E-state index contributed by atoms with van der Waals surface area (Å²) in [6.45, 7) is 6.89. The molecule has 3 heterocycles. The number of benzene rings is 1. The average Bonchev–Trinajstić information content (AvgIpc) is 2.92. The highest BCUT2D eigenvalue weighted by molar-refractivity contribution is 5.93. The van der Waals surface area contributed by atoms with Crippen LogP contribution in [0.3, 0.4) is 0 Å². The summed E-state index contributed by atoms with van der Waals surface area (Å²) in [7, 11) is 0. The van der Waals surface area contributed by atoms with Crippen molar-refractivity contribution < 1.29 is 31.1 Å². The number of halogens is 6. The van der Waals surface area contributed by atoms with Crippen LogP contribution in [0.15, 0.2) is 54.9 Å². The Hall–Kier alpha value is -3.84. The highest BCUT2D eigenvalue weighted by atomic mass is 19.4. The van der Waals surface area contributed by atoms with Crippen molar-refractivity contribution in [1.29, 1.82) is 0 Å². The number of hydrogen-bond acceptors (Lipinski definition) is 7.